The van der Waals surface area contributed by atoms with E-state index in [1.807, 2.05) is 6.92 Å². The maximum atomic E-state index is 14.2. The summed E-state index contributed by atoms with van der Waals surface area (Å²) in [5.41, 5.74) is 0.550. The first-order valence-electron chi connectivity index (χ1n) is 8.39. The van der Waals surface area contributed by atoms with Gasteiger partial charge in [0.05, 0.1) is 13.2 Å². The Balaban J connectivity index is 1.54. The van der Waals surface area contributed by atoms with E-state index in [0.29, 0.717) is 5.56 Å². The summed E-state index contributed by atoms with van der Waals surface area (Å²) in [6.45, 7) is 6.24. The van der Waals surface area contributed by atoms with Crippen LogP contribution in [0.4, 0.5) is 4.39 Å². The van der Waals surface area contributed by atoms with Gasteiger partial charge in [-0.15, -0.1) is 0 Å². The minimum atomic E-state index is -0.515. The molecule has 1 fully saturated rings. The first-order valence-corrected chi connectivity index (χ1v) is 8.39. The zero-order valence-electron chi connectivity index (χ0n) is 14.2. The molecule has 134 valence electrons. The van der Waals surface area contributed by atoms with Crippen LogP contribution >= 0.6 is 0 Å². The zero-order chi connectivity index (χ0) is 17.6. The fraction of sp³-hybridized carbons (Fsp3) is 0.471. The number of morpholine rings is 1. The first kappa shape index (κ1) is 17.5. The molecule has 1 aliphatic heterocycles. The van der Waals surface area contributed by atoms with E-state index in [9.17, 15) is 9.18 Å². The van der Waals surface area contributed by atoms with Gasteiger partial charge in [0, 0.05) is 31.2 Å². The van der Waals surface area contributed by atoms with Crippen molar-refractivity contribution in [3.63, 3.8) is 0 Å². The van der Waals surface area contributed by atoms with E-state index >= 15 is 0 Å². The highest BCUT2D eigenvalue weighted by Gasteiger charge is 2.15. The van der Waals surface area contributed by atoms with Crippen molar-refractivity contribution < 1.29 is 13.9 Å². The normalized spacial score (nSPS) is 16.6. The average Bonchev–Trinajstić information content (AvgIpc) is 3.15. The van der Waals surface area contributed by atoms with E-state index in [-0.39, 0.29) is 17.6 Å². The van der Waals surface area contributed by atoms with Crippen molar-refractivity contribution in [2.45, 2.75) is 19.4 Å². The minimum absolute atomic E-state index is 0.00778. The number of aromatic nitrogens is 3. The number of rotatable bonds is 6. The van der Waals surface area contributed by atoms with E-state index < -0.39 is 5.82 Å². The van der Waals surface area contributed by atoms with Gasteiger partial charge in [0.1, 0.15) is 24.2 Å². The maximum Gasteiger partial charge on any atom is 0.251 e. The molecule has 0 bridgehead atoms. The molecule has 2 aromatic rings. The number of benzene rings is 1. The van der Waals surface area contributed by atoms with Gasteiger partial charge in [-0.05, 0) is 31.5 Å². The number of nitrogens with one attached hydrogen (secondary N) is 1. The largest absolute Gasteiger partial charge is 0.379 e. The molecule has 1 aliphatic rings. The Labute approximate surface area is 145 Å². The van der Waals surface area contributed by atoms with Gasteiger partial charge in [0.25, 0.3) is 5.91 Å². The summed E-state index contributed by atoms with van der Waals surface area (Å²) in [6.07, 6.45) is 3.58. The highest BCUT2D eigenvalue weighted by atomic mass is 19.1. The number of carbonyl (C=O) groups excluding carboxylic acids is 1. The maximum absolute atomic E-state index is 14.2. The van der Waals surface area contributed by atoms with Crippen molar-refractivity contribution >= 4 is 5.91 Å². The summed E-state index contributed by atoms with van der Waals surface area (Å²) in [4.78, 5) is 18.4. The van der Waals surface area contributed by atoms with Crippen LogP contribution in [0.5, 0.6) is 0 Å². The van der Waals surface area contributed by atoms with Gasteiger partial charge in [0.2, 0.25) is 0 Å². The number of amides is 1. The van der Waals surface area contributed by atoms with Crippen molar-refractivity contribution in [3.05, 3.63) is 42.2 Å². The molecule has 1 atom stereocenters. The predicted octanol–water partition coefficient (Wildman–Crippen LogP) is 1.25. The molecule has 7 nitrogen and oxygen atoms in total. The highest BCUT2D eigenvalue weighted by molar-refractivity contribution is 5.94. The van der Waals surface area contributed by atoms with Crippen LogP contribution in [0.2, 0.25) is 0 Å². The summed E-state index contributed by atoms with van der Waals surface area (Å²) < 4.78 is 20.9. The summed E-state index contributed by atoms with van der Waals surface area (Å²) >= 11 is 0. The van der Waals surface area contributed by atoms with Gasteiger partial charge in [-0.25, -0.2) is 14.1 Å². The third-order valence-corrected chi connectivity index (χ3v) is 4.23. The Morgan fingerprint density at radius 3 is 2.88 bits per heavy atom. The minimum Gasteiger partial charge on any atom is -0.379 e. The molecule has 1 aromatic carbocycles. The van der Waals surface area contributed by atoms with Gasteiger partial charge in [-0.3, -0.25) is 9.69 Å². The first-order chi connectivity index (χ1) is 12.1. The summed E-state index contributed by atoms with van der Waals surface area (Å²) in [6, 6.07) is 4.34. The Hall–Kier alpha value is -2.32. The third kappa shape index (κ3) is 4.61. The molecule has 1 amide bonds. The highest BCUT2D eigenvalue weighted by Crippen LogP contribution is 2.14. The second kappa shape index (κ2) is 8.17. The second-order valence-electron chi connectivity index (χ2n) is 6.12. The lowest BCUT2D eigenvalue weighted by Gasteiger charge is -2.27. The van der Waals surface area contributed by atoms with E-state index in [1.54, 1.807) is 6.07 Å². The van der Waals surface area contributed by atoms with Gasteiger partial charge < -0.3 is 10.1 Å². The molecule has 0 spiro atoms. The van der Waals surface area contributed by atoms with Crippen LogP contribution in [0, 0.1) is 5.82 Å². The molecular weight excluding hydrogens is 325 g/mol. The van der Waals surface area contributed by atoms with Crippen LogP contribution < -0.4 is 5.32 Å². The van der Waals surface area contributed by atoms with Gasteiger partial charge in [-0.2, -0.15) is 5.10 Å². The molecule has 3 rings (SSSR count). The van der Waals surface area contributed by atoms with Crippen LogP contribution in [0.3, 0.4) is 0 Å². The van der Waals surface area contributed by atoms with Crippen molar-refractivity contribution in [1.29, 1.82) is 0 Å². The quantitative estimate of drug-likeness (QED) is 0.851. The lowest BCUT2D eigenvalue weighted by Crippen LogP contribution is -2.40. The van der Waals surface area contributed by atoms with Crippen molar-refractivity contribution in [2.75, 3.05) is 32.8 Å². The van der Waals surface area contributed by atoms with Crippen LogP contribution in [0.1, 0.15) is 23.7 Å². The number of hydrogen-bond acceptors (Lipinski definition) is 5. The second-order valence-corrected chi connectivity index (χ2v) is 6.12. The lowest BCUT2D eigenvalue weighted by molar-refractivity contribution is 0.0363. The summed E-state index contributed by atoms with van der Waals surface area (Å²) in [7, 11) is 0. The lowest BCUT2D eigenvalue weighted by atomic mass is 10.1. The van der Waals surface area contributed by atoms with Crippen molar-refractivity contribution in [3.8, 4) is 5.69 Å². The summed E-state index contributed by atoms with van der Waals surface area (Å²) in [5.74, 6) is -0.794. The molecule has 0 radical (unpaired) electrons. The number of carbonyl (C=O) groups is 1. The van der Waals surface area contributed by atoms with Gasteiger partial charge >= 0.3 is 0 Å². The molecule has 0 unspecified atom stereocenters. The molecule has 1 saturated heterocycles. The monoisotopic (exact) mass is 347 g/mol. The number of halogens is 1. The topological polar surface area (TPSA) is 72.3 Å². The van der Waals surface area contributed by atoms with Crippen molar-refractivity contribution in [1.82, 2.24) is 25.0 Å². The zero-order valence-corrected chi connectivity index (χ0v) is 14.2. The Morgan fingerprint density at radius 1 is 1.40 bits per heavy atom. The van der Waals surface area contributed by atoms with E-state index in [1.165, 1.54) is 29.5 Å². The fourth-order valence-electron chi connectivity index (χ4n) is 2.75. The molecule has 1 N–H and O–H groups in total. The SMILES string of the molecule is C[C@@H](CCN1CCOCC1)NC(=O)c1ccc(-n2cncn2)c(F)c1. The Bertz CT molecular complexity index is 701. The van der Waals surface area contributed by atoms with E-state index in [4.69, 9.17) is 4.74 Å². The van der Waals surface area contributed by atoms with Crippen LogP contribution in [0.15, 0.2) is 30.9 Å². The molecule has 25 heavy (non-hydrogen) atoms. The Morgan fingerprint density at radius 2 is 2.20 bits per heavy atom. The molecule has 0 aliphatic carbocycles. The molecule has 8 heteroatoms. The van der Waals surface area contributed by atoms with Gasteiger partial charge in [-0.1, -0.05) is 0 Å². The van der Waals surface area contributed by atoms with Crippen LogP contribution in [-0.4, -0.2) is 64.5 Å². The van der Waals surface area contributed by atoms with E-state index in [2.05, 4.69) is 20.3 Å². The number of hydrogen-bond donors (Lipinski definition) is 1. The molecule has 1 aromatic heterocycles. The third-order valence-electron chi connectivity index (χ3n) is 4.23. The molecular formula is C17H22FN5O2. The van der Waals surface area contributed by atoms with Crippen LogP contribution in [0.25, 0.3) is 5.69 Å². The number of ether oxygens (including phenoxy) is 1. The fourth-order valence-corrected chi connectivity index (χ4v) is 2.75. The smallest absolute Gasteiger partial charge is 0.251 e. The predicted molar refractivity (Wildman–Crippen MR) is 90.1 cm³/mol. The van der Waals surface area contributed by atoms with Crippen molar-refractivity contribution in [2.24, 2.45) is 0 Å². The average molecular weight is 347 g/mol. The molecule has 2 heterocycles. The Kier molecular flexibility index (Phi) is 5.72. The van der Waals surface area contributed by atoms with E-state index in [0.717, 1.165) is 39.3 Å². The number of nitrogens with zero attached hydrogens (tertiary/aromatic N) is 4. The summed E-state index contributed by atoms with van der Waals surface area (Å²) in [5, 5.41) is 6.81. The standard InChI is InChI=1S/C17H22FN5O2/c1-13(4-5-22-6-8-25-9-7-22)21-17(24)14-2-3-16(15(18)10-14)23-12-19-11-20-23/h2-3,10-13H,4-9H2,1H3,(H,21,24)/t13-/m0/s1. The molecule has 0 saturated carbocycles. The van der Waals surface area contributed by atoms with Crippen LogP contribution in [-0.2, 0) is 4.74 Å². The van der Waals surface area contributed by atoms with Gasteiger partial charge in [0.15, 0.2) is 0 Å².